The van der Waals surface area contributed by atoms with Gasteiger partial charge in [0.25, 0.3) is 5.91 Å². The molecule has 32 heavy (non-hydrogen) atoms. The van der Waals surface area contributed by atoms with Crippen LogP contribution in [0, 0.1) is 17.1 Å². The van der Waals surface area contributed by atoms with Gasteiger partial charge in [0.2, 0.25) is 0 Å². The van der Waals surface area contributed by atoms with Gasteiger partial charge in [-0.1, -0.05) is 18.2 Å². The minimum Gasteiger partial charge on any atom is -0.478 e. The highest BCUT2D eigenvalue weighted by atomic mass is 19.4. The molecule has 1 aliphatic heterocycles. The molecule has 166 valence electrons. The van der Waals surface area contributed by atoms with E-state index in [1.807, 2.05) is 0 Å². The number of hydrogen-bond donors (Lipinski definition) is 3. The number of aliphatic hydroxyl groups is 1. The third-order valence-corrected chi connectivity index (χ3v) is 4.27. The summed E-state index contributed by atoms with van der Waals surface area (Å²) in [6, 6.07) is 9.57. The number of carboxylic acids is 1. The topological polar surface area (TPSA) is 129 Å². The molecule has 0 saturated carbocycles. The molecule has 1 amide bonds. The van der Waals surface area contributed by atoms with Crippen LogP contribution in [0.3, 0.4) is 0 Å². The molecule has 3 N–H and O–H groups in total. The molecular formula is C20H12F4N2O6. The standard InChI is InChI=1S/C20H12F4N2O6/c21-12-7-10(9-2-1-3-11(6-9)32-20(22,23)24)4-5-13(12)26-17(27)16-15(18(28)29)14(8-25)31-19(16)30/h1-7,14,19,30H,(H,26,27)(H,28,29). The predicted molar refractivity (Wildman–Crippen MR) is 98.3 cm³/mol. The number of hydrogen-bond acceptors (Lipinski definition) is 6. The number of anilines is 1. The molecule has 2 aromatic rings. The first kappa shape index (κ1) is 22.7. The van der Waals surface area contributed by atoms with Crippen LogP contribution in [0.1, 0.15) is 0 Å². The van der Waals surface area contributed by atoms with Crippen LogP contribution in [0.25, 0.3) is 11.1 Å². The van der Waals surface area contributed by atoms with Crippen LogP contribution in [-0.4, -0.2) is 40.8 Å². The van der Waals surface area contributed by atoms with Gasteiger partial charge in [-0.3, -0.25) is 4.79 Å². The molecule has 0 aliphatic carbocycles. The minimum absolute atomic E-state index is 0.160. The van der Waals surface area contributed by atoms with Crippen LogP contribution in [0.4, 0.5) is 23.2 Å². The van der Waals surface area contributed by atoms with Crippen LogP contribution < -0.4 is 10.1 Å². The largest absolute Gasteiger partial charge is 0.573 e. The van der Waals surface area contributed by atoms with Crippen LogP contribution in [0.15, 0.2) is 53.6 Å². The summed E-state index contributed by atoms with van der Waals surface area (Å²) in [5.41, 5.74) is -1.60. The van der Waals surface area contributed by atoms with Crippen molar-refractivity contribution in [2.24, 2.45) is 0 Å². The summed E-state index contributed by atoms with van der Waals surface area (Å²) in [4.78, 5) is 23.7. The molecule has 0 fully saturated rings. The number of nitrogens with zero attached hydrogens (tertiary/aromatic N) is 1. The van der Waals surface area contributed by atoms with Gasteiger partial charge in [-0.05, 0) is 35.4 Å². The fourth-order valence-corrected chi connectivity index (χ4v) is 2.95. The first-order chi connectivity index (χ1) is 15.0. The highest BCUT2D eigenvalue weighted by Crippen LogP contribution is 2.31. The average molecular weight is 452 g/mol. The number of ether oxygens (including phenoxy) is 2. The van der Waals surface area contributed by atoms with Gasteiger partial charge in [-0.25, -0.2) is 9.18 Å². The summed E-state index contributed by atoms with van der Waals surface area (Å²) in [5, 5.41) is 30.0. The lowest BCUT2D eigenvalue weighted by Crippen LogP contribution is -2.24. The van der Waals surface area contributed by atoms with Gasteiger partial charge in [-0.15, -0.1) is 13.2 Å². The average Bonchev–Trinajstić information content (AvgIpc) is 3.05. The summed E-state index contributed by atoms with van der Waals surface area (Å²) in [7, 11) is 0. The van der Waals surface area contributed by atoms with Gasteiger partial charge in [-0.2, -0.15) is 5.26 Å². The molecule has 2 atom stereocenters. The Morgan fingerprint density at radius 1 is 1.12 bits per heavy atom. The first-order valence-electron chi connectivity index (χ1n) is 8.67. The lowest BCUT2D eigenvalue weighted by molar-refractivity contribution is -0.274. The van der Waals surface area contributed by atoms with Crippen molar-refractivity contribution >= 4 is 17.6 Å². The van der Waals surface area contributed by atoms with E-state index in [2.05, 4.69) is 10.1 Å². The summed E-state index contributed by atoms with van der Waals surface area (Å²) < 4.78 is 60.2. The smallest absolute Gasteiger partial charge is 0.478 e. The summed E-state index contributed by atoms with van der Waals surface area (Å²) in [6.07, 6.45) is -8.60. The second kappa shape index (κ2) is 8.66. The van der Waals surface area contributed by atoms with Crippen LogP contribution >= 0.6 is 0 Å². The van der Waals surface area contributed by atoms with Gasteiger partial charge in [0.05, 0.1) is 22.9 Å². The lowest BCUT2D eigenvalue weighted by Gasteiger charge is -2.12. The summed E-state index contributed by atoms with van der Waals surface area (Å²) >= 11 is 0. The molecule has 2 aromatic carbocycles. The molecule has 1 heterocycles. The Kier molecular flexibility index (Phi) is 6.15. The van der Waals surface area contributed by atoms with Gasteiger partial charge in [0.1, 0.15) is 11.6 Å². The third kappa shape index (κ3) is 4.85. The fourth-order valence-electron chi connectivity index (χ4n) is 2.95. The number of carboxylic acid groups (broad SMARTS) is 1. The van der Waals surface area contributed by atoms with E-state index in [4.69, 9.17) is 10.00 Å². The quantitative estimate of drug-likeness (QED) is 0.595. The van der Waals surface area contributed by atoms with Gasteiger partial charge >= 0.3 is 12.3 Å². The molecule has 0 bridgehead atoms. The van der Waals surface area contributed by atoms with E-state index in [1.54, 1.807) is 0 Å². The molecular weight excluding hydrogens is 440 g/mol. The van der Waals surface area contributed by atoms with Crippen molar-refractivity contribution in [2.75, 3.05) is 5.32 Å². The zero-order valence-corrected chi connectivity index (χ0v) is 15.7. The maximum Gasteiger partial charge on any atom is 0.573 e. The van der Waals surface area contributed by atoms with E-state index >= 15 is 0 Å². The number of carbonyl (C=O) groups excluding carboxylic acids is 1. The monoisotopic (exact) mass is 452 g/mol. The predicted octanol–water partition coefficient (Wildman–Crippen LogP) is 2.95. The number of nitriles is 1. The number of benzene rings is 2. The van der Waals surface area contributed by atoms with Crippen molar-refractivity contribution < 1.29 is 46.8 Å². The van der Waals surface area contributed by atoms with Crippen molar-refractivity contribution in [1.82, 2.24) is 0 Å². The molecule has 3 rings (SSSR count). The van der Waals surface area contributed by atoms with E-state index in [9.17, 15) is 37.4 Å². The summed E-state index contributed by atoms with van der Waals surface area (Å²) in [6.45, 7) is 0. The number of rotatable bonds is 5. The molecule has 2 unspecified atom stereocenters. The van der Waals surface area contributed by atoms with Crippen molar-refractivity contribution in [1.29, 1.82) is 5.26 Å². The normalized spacial score (nSPS) is 18.2. The zero-order valence-electron chi connectivity index (χ0n) is 15.7. The van der Waals surface area contributed by atoms with Crippen molar-refractivity contribution in [2.45, 2.75) is 18.8 Å². The number of nitrogens with one attached hydrogen (secondary N) is 1. The van der Waals surface area contributed by atoms with Crippen LogP contribution in [0.5, 0.6) is 5.75 Å². The lowest BCUT2D eigenvalue weighted by atomic mass is 10.0. The third-order valence-electron chi connectivity index (χ3n) is 4.27. The Hall–Kier alpha value is -3.95. The highest BCUT2D eigenvalue weighted by molar-refractivity contribution is 6.10. The van der Waals surface area contributed by atoms with E-state index < -0.39 is 59.0 Å². The molecule has 12 heteroatoms. The Morgan fingerprint density at radius 3 is 2.41 bits per heavy atom. The maximum atomic E-state index is 14.5. The Bertz CT molecular complexity index is 1160. The molecule has 1 aliphatic rings. The molecule has 0 spiro atoms. The van der Waals surface area contributed by atoms with Crippen LogP contribution in [0.2, 0.25) is 0 Å². The number of aliphatic hydroxyl groups excluding tert-OH is 1. The minimum atomic E-state index is -4.90. The second-order valence-electron chi connectivity index (χ2n) is 6.35. The Balaban J connectivity index is 1.86. The van der Waals surface area contributed by atoms with Crippen molar-refractivity contribution in [3.63, 3.8) is 0 Å². The highest BCUT2D eigenvalue weighted by Gasteiger charge is 2.41. The molecule has 8 nitrogen and oxygen atoms in total. The van der Waals surface area contributed by atoms with E-state index in [0.717, 1.165) is 24.3 Å². The molecule has 0 saturated heterocycles. The van der Waals surface area contributed by atoms with Gasteiger partial charge < -0.3 is 25.0 Å². The molecule has 0 radical (unpaired) electrons. The van der Waals surface area contributed by atoms with Crippen LogP contribution in [-0.2, 0) is 14.3 Å². The SMILES string of the molecule is N#CC1OC(O)C(C(=O)Nc2ccc(-c3cccc(OC(F)(F)F)c3)cc2F)=C1C(=O)O. The summed E-state index contributed by atoms with van der Waals surface area (Å²) in [5.74, 6) is -4.39. The number of alkyl halides is 3. The first-order valence-corrected chi connectivity index (χ1v) is 8.67. The fraction of sp³-hybridized carbons (Fsp3) is 0.150. The zero-order chi connectivity index (χ0) is 23.6. The molecule has 0 aromatic heterocycles. The number of amides is 1. The van der Waals surface area contributed by atoms with E-state index in [1.165, 1.54) is 24.3 Å². The Labute approximate surface area is 176 Å². The van der Waals surface area contributed by atoms with Gasteiger partial charge in [0, 0.05) is 0 Å². The van der Waals surface area contributed by atoms with E-state index in [-0.39, 0.29) is 11.1 Å². The van der Waals surface area contributed by atoms with Crippen molar-refractivity contribution in [3.8, 4) is 22.9 Å². The Morgan fingerprint density at radius 2 is 1.81 bits per heavy atom. The number of aliphatic carboxylic acids is 1. The maximum absolute atomic E-state index is 14.5. The van der Waals surface area contributed by atoms with Crippen molar-refractivity contribution in [3.05, 3.63) is 59.4 Å². The van der Waals surface area contributed by atoms with E-state index in [0.29, 0.717) is 0 Å². The van der Waals surface area contributed by atoms with Gasteiger partial charge in [0.15, 0.2) is 12.4 Å². The number of carbonyl (C=O) groups is 2. The number of halogens is 4. The second-order valence-corrected chi connectivity index (χ2v) is 6.35.